The molecule has 1 atom stereocenters. The van der Waals surface area contributed by atoms with E-state index >= 15 is 0 Å². The maximum atomic E-state index is 12.1. The normalized spacial score (nSPS) is 21.5. The number of rotatable bonds is 3. The Labute approximate surface area is 123 Å². The van der Waals surface area contributed by atoms with Gasteiger partial charge in [0, 0.05) is 24.7 Å². The van der Waals surface area contributed by atoms with Gasteiger partial charge in [-0.3, -0.25) is 9.59 Å². The number of nitrogens with two attached hydrogens (primary N) is 1. The van der Waals surface area contributed by atoms with Crippen LogP contribution in [-0.2, 0) is 4.79 Å². The molecule has 0 bridgehead atoms. The van der Waals surface area contributed by atoms with Crippen LogP contribution >= 0.6 is 12.4 Å². The smallest absolute Gasteiger partial charge is 0.253 e. The standard InChI is InChI=1S/C14H17N3O2.ClH/c15-12-4-2-1-3-11(12)14(19)16-9-7-13(18)17(8-9)10-5-6-10;/h1-4,9-10H,5-8,15H2,(H,16,19);1H. The summed E-state index contributed by atoms with van der Waals surface area (Å²) in [6.45, 7) is 0.627. The first kappa shape index (κ1) is 14.7. The number of hydrogen-bond donors (Lipinski definition) is 2. The molecule has 1 aromatic carbocycles. The second kappa shape index (κ2) is 5.71. The molecule has 5 nitrogen and oxygen atoms in total. The number of amides is 2. The molecule has 1 saturated heterocycles. The number of likely N-dealkylation sites (tertiary alicyclic amines) is 1. The Morgan fingerprint density at radius 1 is 1.30 bits per heavy atom. The quantitative estimate of drug-likeness (QED) is 0.822. The lowest BCUT2D eigenvalue weighted by Crippen LogP contribution is -2.37. The minimum atomic E-state index is -0.200. The molecule has 0 radical (unpaired) electrons. The summed E-state index contributed by atoms with van der Waals surface area (Å²) < 4.78 is 0. The van der Waals surface area contributed by atoms with Gasteiger partial charge in [-0.1, -0.05) is 12.1 Å². The van der Waals surface area contributed by atoms with E-state index in [-0.39, 0.29) is 30.3 Å². The Balaban J connectivity index is 0.00000147. The molecule has 1 aliphatic heterocycles. The average molecular weight is 296 g/mol. The Hall–Kier alpha value is -1.75. The predicted molar refractivity (Wildman–Crippen MR) is 78.7 cm³/mol. The van der Waals surface area contributed by atoms with E-state index in [2.05, 4.69) is 5.32 Å². The van der Waals surface area contributed by atoms with E-state index in [1.807, 2.05) is 4.90 Å². The summed E-state index contributed by atoms with van der Waals surface area (Å²) in [7, 11) is 0. The first-order valence-corrected chi connectivity index (χ1v) is 6.60. The van der Waals surface area contributed by atoms with E-state index in [4.69, 9.17) is 5.73 Å². The summed E-state index contributed by atoms with van der Waals surface area (Å²) >= 11 is 0. The maximum Gasteiger partial charge on any atom is 0.253 e. The average Bonchev–Trinajstić information content (AvgIpc) is 3.15. The van der Waals surface area contributed by atoms with E-state index in [0.717, 1.165) is 12.8 Å². The van der Waals surface area contributed by atoms with Crippen LogP contribution in [0.1, 0.15) is 29.6 Å². The van der Waals surface area contributed by atoms with Crippen molar-refractivity contribution in [1.29, 1.82) is 0 Å². The zero-order valence-electron chi connectivity index (χ0n) is 11.0. The molecular weight excluding hydrogens is 278 g/mol. The van der Waals surface area contributed by atoms with Crippen LogP contribution in [0.15, 0.2) is 24.3 Å². The fraction of sp³-hybridized carbons (Fsp3) is 0.429. The largest absolute Gasteiger partial charge is 0.398 e. The van der Waals surface area contributed by atoms with Gasteiger partial charge in [0.2, 0.25) is 5.91 Å². The molecule has 3 rings (SSSR count). The van der Waals surface area contributed by atoms with Crippen molar-refractivity contribution in [3.63, 3.8) is 0 Å². The minimum absolute atomic E-state index is 0. The molecule has 1 unspecified atom stereocenters. The minimum Gasteiger partial charge on any atom is -0.398 e. The van der Waals surface area contributed by atoms with Crippen molar-refractivity contribution in [1.82, 2.24) is 10.2 Å². The third-order valence-corrected chi connectivity index (χ3v) is 3.69. The van der Waals surface area contributed by atoms with E-state index < -0.39 is 0 Å². The Bertz CT molecular complexity index is 531. The van der Waals surface area contributed by atoms with Gasteiger partial charge < -0.3 is 16.0 Å². The Morgan fingerprint density at radius 2 is 2.00 bits per heavy atom. The van der Waals surface area contributed by atoms with Crippen LogP contribution in [0.3, 0.4) is 0 Å². The van der Waals surface area contributed by atoms with E-state index in [0.29, 0.717) is 30.3 Å². The molecule has 3 N–H and O–H groups in total. The van der Waals surface area contributed by atoms with Crippen molar-refractivity contribution >= 4 is 29.9 Å². The molecule has 2 fully saturated rings. The number of carbonyl (C=O) groups excluding carboxylic acids is 2. The van der Waals surface area contributed by atoms with Gasteiger partial charge >= 0.3 is 0 Å². The summed E-state index contributed by atoms with van der Waals surface area (Å²) in [4.78, 5) is 25.8. The Kier molecular flexibility index (Phi) is 4.18. The second-order valence-corrected chi connectivity index (χ2v) is 5.24. The summed E-state index contributed by atoms with van der Waals surface area (Å²) in [5, 5.41) is 2.90. The van der Waals surface area contributed by atoms with E-state index in [1.165, 1.54) is 0 Å². The molecular formula is C14H18ClN3O2. The van der Waals surface area contributed by atoms with Crippen molar-refractivity contribution < 1.29 is 9.59 Å². The van der Waals surface area contributed by atoms with Crippen LogP contribution in [-0.4, -0.2) is 35.3 Å². The van der Waals surface area contributed by atoms with Gasteiger partial charge in [-0.05, 0) is 25.0 Å². The molecule has 0 spiro atoms. The van der Waals surface area contributed by atoms with Crippen molar-refractivity contribution in [2.75, 3.05) is 12.3 Å². The lowest BCUT2D eigenvalue weighted by Gasteiger charge is -2.16. The van der Waals surface area contributed by atoms with Crippen LogP contribution in [0.4, 0.5) is 5.69 Å². The van der Waals surface area contributed by atoms with Gasteiger partial charge in [0.25, 0.3) is 5.91 Å². The zero-order valence-corrected chi connectivity index (χ0v) is 11.9. The number of carbonyl (C=O) groups is 2. The fourth-order valence-corrected chi connectivity index (χ4v) is 2.53. The van der Waals surface area contributed by atoms with Crippen molar-refractivity contribution in [3.8, 4) is 0 Å². The lowest BCUT2D eigenvalue weighted by atomic mass is 10.1. The van der Waals surface area contributed by atoms with Gasteiger partial charge in [0.15, 0.2) is 0 Å². The van der Waals surface area contributed by atoms with Crippen LogP contribution in [0.2, 0.25) is 0 Å². The van der Waals surface area contributed by atoms with Gasteiger partial charge in [-0.25, -0.2) is 0 Å². The third kappa shape index (κ3) is 2.88. The zero-order chi connectivity index (χ0) is 13.4. The SMILES string of the molecule is Cl.Nc1ccccc1C(=O)NC1CC(=O)N(C2CC2)C1. The van der Waals surface area contributed by atoms with Crippen molar-refractivity contribution in [2.45, 2.75) is 31.3 Å². The number of nitrogens with zero attached hydrogens (tertiary/aromatic N) is 1. The monoisotopic (exact) mass is 295 g/mol. The molecule has 108 valence electrons. The summed E-state index contributed by atoms with van der Waals surface area (Å²) in [5.41, 5.74) is 6.70. The molecule has 1 saturated carbocycles. The number of nitrogens with one attached hydrogen (secondary N) is 1. The molecule has 1 aliphatic carbocycles. The highest BCUT2D eigenvalue weighted by Crippen LogP contribution is 2.30. The number of hydrogen-bond acceptors (Lipinski definition) is 3. The van der Waals surface area contributed by atoms with Crippen LogP contribution < -0.4 is 11.1 Å². The Morgan fingerprint density at radius 3 is 2.65 bits per heavy atom. The second-order valence-electron chi connectivity index (χ2n) is 5.24. The van der Waals surface area contributed by atoms with Crippen LogP contribution in [0, 0.1) is 0 Å². The van der Waals surface area contributed by atoms with Crippen LogP contribution in [0.5, 0.6) is 0 Å². The van der Waals surface area contributed by atoms with Gasteiger partial charge in [0.1, 0.15) is 0 Å². The van der Waals surface area contributed by atoms with E-state index in [9.17, 15) is 9.59 Å². The molecule has 2 aliphatic rings. The first-order valence-electron chi connectivity index (χ1n) is 6.60. The number of nitrogen functional groups attached to an aromatic ring is 1. The summed E-state index contributed by atoms with van der Waals surface area (Å²) in [5.74, 6) is -0.0534. The lowest BCUT2D eigenvalue weighted by molar-refractivity contribution is -0.128. The van der Waals surface area contributed by atoms with Crippen LogP contribution in [0.25, 0.3) is 0 Å². The van der Waals surface area contributed by atoms with Crippen molar-refractivity contribution in [2.24, 2.45) is 0 Å². The molecule has 2 amide bonds. The summed E-state index contributed by atoms with van der Waals surface area (Å²) in [6, 6.07) is 7.28. The van der Waals surface area contributed by atoms with Crippen molar-refractivity contribution in [3.05, 3.63) is 29.8 Å². The van der Waals surface area contributed by atoms with E-state index in [1.54, 1.807) is 24.3 Å². The highest BCUT2D eigenvalue weighted by Gasteiger charge is 2.39. The summed E-state index contributed by atoms with van der Waals surface area (Å²) in [6.07, 6.45) is 2.59. The maximum absolute atomic E-state index is 12.1. The number of anilines is 1. The third-order valence-electron chi connectivity index (χ3n) is 3.69. The number of para-hydroxylation sites is 1. The topological polar surface area (TPSA) is 75.4 Å². The predicted octanol–water partition coefficient (Wildman–Crippen LogP) is 1.18. The molecule has 1 heterocycles. The van der Waals surface area contributed by atoms with Gasteiger partial charge in [-0.2, -0.15) is 0 Å². The molecule has 6 heteroatoms. The highest BCUT2D eigenvalue weighted by molar-refractivity contribution is 5.99. The highest BCUT2D eigenvalue weighted by atomic mass is 35.5. The molecule has 20 heavy (non-hydrogen) atoms. The first-order chi connectivity index (χ1) is 9.15. The van der Waals surface area contributed by atoms with Gasteiger partial charge in [-0.15, -0.1) is 12.4 Å². The fourth-order valence-electron chi connectivity index (χ4n) is 2.53. The molecule has 1 aromatic rings. The number of benzene rings is 1. The number of halogens is 1. The molecule has 0 aromatic heterocycles. The van der Waals surface area contributed by atoms with Gasteiger partial charge in [0.05, 0.1) is 11.6 Å².